The number of amides is 1. The number of benzene rings is 2. The molecule has 2 unspecified atom stereocenters. The van der Waals surface area contributed by atoms with E-state index in [0.717, 1.165) is 23.9 Å². The molecule has 3 rings (SSSR count). The zero-order chi connectivity index (χ0) is 20.8. The van der Waals surface area contributed by atoms with Gasteiger partial charge in [-0.05, 0) is 41.5 Å². The third kappa shape index (κ3) is 5.51. The maximum atomic E-state index is 12.6. The van der Waals surface area contributed by atoms with Crippen molar-refractivity contribution < 1.29 is 14.3 Å². The van der Waals surface area contributed by atoms with Crippen molar-refractivity contribution in [2.75, 3.05) is 27.3 Å². The second-order valence-corrected chi connectivity index (χ2v) is 8.18. The molecule has 1 amide bonds. The van der Waals surface area contributed by atoms with Crippen molar-refractivity contribution in [2.24, 2.45) is 11.8 Å². The highest BCUT2D eigenvalue weighted by molar-refractivity contribution is 5.97. The lowest BCUT2D eigenvalue weighted by atomic mass is 9.91. The second kappa shape index (κ2) is 9.79. The van der Waals surface area contributed by atoms with Gasteiger partial charge in [-0.2, -0.15) is 0 Å². The first-order valence-corrected chi connectivity index (χ1v) is 10.3. The first-order valence-electron chi connectivity index (χ1n) is 10.3. The molecule has 5 heteroatoms. The molecule has 29 heavy (non-hydrogen) atoms. The number of ether oxygens (including phenoxy) is 2. The normalized spacial score (nSPS) is 19.6. The molecule has 0 aliphatic carbocycles. The van der Waals surface area contributed by atoms with E-state index in [1.54, 1.807) is 25.3 Å². The Kier molecular flexibility index (Phi) is 7.15. The number of carbonyl (C=O) groups is 1. The molecule has 0 radical (unpaired) electrons. The topological polar surface area (TPSA) is 50.8 Å². The predicted molar refractivity (Wildman–Crippen MR) is 115 cm³/mol. The molecule has 0 bridgehead atoms. The van der Waals surface area contributed by atoms with Crippen molar-refractivity contribution in [2.45, 2.75) is 33.4 Å². The van der Waals surface area contributed by atoms with Crippen molar-refractivity contribution in [3.05, 3.63) is 59.2 Å². The van der Waals surface area contributed by atoms with Gasteiger partial charge in [0.05, 0.1) is 19.8 Å². The zero-order valence-corrected chi connectivity index (χ0v) is 17.9. The summed E-state index contributed by atoms with van der Waals surface area (Å²) < 4.78 is 10.6. The van der Waals surface area contributed by atoms with Crippen LogP contribution in [-0.2, 0) is 13.1 Å². The first-order chi connectivity index (χ1) is 14.0. The van der Waals surface area contributed by atoms with Crippen molar-refractivity contribution in [3.63, 3.8) is 0 Å². The van der Waals surface area contributed by atoms with Gasteiger partial charge < -0.3 is 14.8 Å². The van der Waals surface area contributed by atoms with E-state index in [1.807, 2.05) is 0 Å². The summed E-state index contributed by atoms with van der Waals surface area (Å²) in [5.41, 5.74) is 2.86. The molecule has 2 aromatic carbocycles. The fraction of sp³-hybridized carbons (Fsp3) is 0.458. The lowest BCUT2D eigenvalue weighted by Crippen LogP contribution is -2.38. The Balaban J connectivity index is 1.57. The Morgan fingerprint density at radius 3 is 2.28 bits per heavy atom. The van der Waals surface area contributed by atoms with Gasteiger partial charge in [-0.15, -0.1) is 0 Å². The third-order valence-electron chi connectivity index (χ3n) is 5.47. The molecule has 1 fully saturated rings. The van der Waals surface area contributed by atoms with Crippen LogP contribution in [0.3, 0.4) is 0 Å². The van der Waals surface area contributed by atoms with Gasteiger partial charge in [-0.1, -0.05) is 44.2 Å². The van der Waals surface area contributed by atoms with Crippen LogP contribution in [0.5, 0.6) is 11.5 Å². The molecular weight excluding hydrogens is 364 g/mol. The molecule has 1 aliphatic rings. The fourth-order valence-corrected chi connectivity index (χ4v) is 4.29. The number of hydrogen-bond acceptors (Lipinski definition) is 4. The molecule has 1 aliphatic heterocycles. The average molecular weight is 397 g/mol. The van der Waals surface area contributed by atoms with Gasteiger partial charge in [0.15, 0.2) is 11.5 Å². The summed E-state index contributed by atoms with van der Waals surface area (Å²) in [6.07, 6.45) is 1.33. The Morgan fingerprint density at radius 2 is 1.66 bits per heavy atom. The van der Waals surface area contributed by atoms with E-state index in [9.17, 15) is 4.79 Å². The second-order valence-electron chi connectivity index (χ2n) is 8.18. The van der Waals surface area contributed by atoms with Gasteiger partial charge in [-0.3, -0.25) is 9.69 Å². The van der Waals surface area contributed by atoms with Crippen LogP contribution in [0.15, 0.2) is 42.5 Å². The van der Waals surface area contributed by atoms with E-state index in [1.165, 1.54) is 32.2 Å². The molecule has 1 N–H and O–H groups in total. The molecule has 2 aromatic rings. The van der Waals surface area contributed by atoms with Gasteiger partial charge in [0.25, 0.3) is 5.91 Å². The number of methoxy groups -OCH3 is 2. The van der Waals surface area contributed by atoms with Crippen LogP contribution in [0.1, 0.15) is 41.8 Å². The average Bonchev–Trinajstić information content (AvgIpc) is 2.71. The van der Waals surface area contributed by atoms with E-state index >= 15 is 0 Å². The number of para-hydroxylation sites is 1. The highest BCUT2D eigenvalue weighted by Crippen LogP contribution is 2.30. The van der Waals surface area contributed by atoms with Crippen molar-refractivity contribution >= 4 is 5.91 Å². The summed E-state index contributed by atoms with van der Waals surface area (Å²) in [6.45, 7) is 8.48. The SMILES string of the molecule is COc1cccc(C(=O)NCc2ccc(CN3CC(C)CC(C)C3)cc2)c1OC. The number of nitrogens with zero attached hydrogens (tertiary/aromatic N) is 1. The quantitative estimate of drug-likeness (QED) is 0.765. The van der Waals surface area contributed by atoms with Crippen LogP contribution < -0.4 is 14.8 Å². The van der Waals surface area contributed by atoms with Crippen molar-refractivity contribution in [1.29, 1.82) is 0 Å². The largest absolute Gasteiger partial charge is 0.493 e. The van der Waals surface area contributed by atoms with E-state index in [4.69, 9.17) is 9.47 Å². The van der Waals surface area contributed by atoms with Crippen LogP contribution >= 0.6 is 0 Å². The van der Waals surface area contributed by atoms with E-state index in [2.05, 4.69) is 48.3 Å². The summed E-state index contributed by atoms with van der Waals surface area (Å²) in [6, 6.07) is 13.8. The molecular formula is C24H32N2O3. The minimum atomic E-state index is -0.180. The van der Waals surface area contributed by atoms with Gasteiger partial charge in [0, 0.05) is 26.2 Å². The lowest BCUT2D eigenvalue weighted by Gasteiger charge is -2.35. The van der Waals surface area contributed by atoms with Crippen LogP contribution in [-0.4, -0.2) is 38.1 Å². The predicted octanol–water partition coefficient (Wildman–Crippen LogP) is 4.11. The van der Waals surface area contributed by atoms with Crippen molar-refractivity contribution in [1.82, 2.24) is 10.2 Å². The Hall–Kier alpha value is -2.53. The zero-order valence-electron chi connectivity index (χ0n) is 17.9. The van der Waals surface area contributed by atoms with Gasteiger partial charge in [-0.25, -0.2) is 0 Å². The highest BCUT2D eigenvalue weighted by Gasteiger charge is 2.21. The molecule has 156 valence electrons. The standard InChI is InChI=1S/C24H32N2O3/c1-17-12-18(2)15-26(14-17)16-20-10-8-19(9-11-20)13-25-24(27)21-6-5-7-22(28-3)23(21)29-4/h5-11,17-18H,12-16H2,1-4H3,(H,25,27). The number of likely N-dealkylation sites (tertiary alicyclic amines) is 1. The van der Waals surface area contributed by atoms with Crippen molar-refractivity contribution in [3.8, 4) is 11.5 Å². The molecule has 1 saturated heterocycles. The number of piperidine rings is 1. The van der Waals surface area contributed by atoms with Gasteiger partial charge in [0.2, 0.25) is 0 Å². The summed E-state index contributed by atoms with van der Waals surface area (Å²) in [5, 5.41) is 2.97. The Morgan fingerprint density at radius 1 is 1.00 bits per heavy atom. The third-order valence-corrected chi connectivity index (χ3v) is 5.47. The van der Waals surface area contributed by atoms with Gasteiger partial charge >= 0.3 is 0 Å². The van der Waals surface area contributed by atoms with E-state index in [0.29, 0.717) is 23.6 Å². The van der Waals surface area contributed by atoms with Gasteiger partial charge in [0.1, 0.15) is 0 Å². The molecule has 0 saturated carbocycles. The summed E-state index contributed by atoms with van der Waals surface area (Å²) in [5.74, 6) is 2.35. The minimum absolute atomic E-state index is 0.180. The minimum Gasteiger partial charge on any atom is -0.493 e. The molecule has 0 aromatic heterocycles. The maximum Gasteiger partial charge on any atom is 0.255 e. The first kappa shape index (κ1) is 21.2. The smallest absolute Gasteiger partial charge is 0.255 e. The highest BCUT2D eigenvalue weighted by atomic mass is 16.5. The Labute approximate surface area is 174 Å². The number of hydrogen-bond donors (Lipinski definition) is 1. The van der Waals surface area contributed by atoms with E-state index in [-0.39, 0.29) is 5.91 Å². The summed E-state index contributed by atoms with van der Waals surface area (Å²) >= 11 is 0. The summed E-state index contributed by atoms with van der Waals surface area (Å²) in [4.78, 5) is 15.1. The summed E-state index contributed by atoms with van der Waals surface area (Å²) in [7, 11) is 3.10. The van der Waals surface area contributed by atoms with Crippen LogP contribution in [0.25, 0.3) is 0 Å². The molecule has 0 spiro atoms. The lowest BCUT2D eigenvalue weighted by molar-refractivity contribution is 0.0947. The molecule has 1 heterocycles. The Bertz CT molecular complexity index is 809. The van der Waals surface area contributed by atoms with Crippen LogP contribution in [0.2, 0.25) is 0 Å². The maximum absolute atomic E-state index is 12.6. The molecule has 2 atom stereocenters. The number of carbonyl (C=O) groups excluding carboxylic acids is 1. The van der Waals surface area contributed by atoms with E-state index < -0.39 is 0 Å². The fourth-order valence-electron chi connectivity index (χ4n) is 4.29. The number of rotatable bonds is 7. The monoisotopic (exact) mass is 396 g/mol. The van der Waals surface area contributed by atoms with Crippen LogP contribution in [0, 0.1) is 11.8 Å². The number of nitrogens with one attached hydrogen (secondary N) is 1. The van der Waals surface area contributed by atoms with Crippen LogP contribution in [0.4, 0.5) is 0 Å². The molecule has 5 nitrogen and oxygen atoms in total.